The molecule has 0 aromatic heterocycles. The van der Waals surface area contributed by atoms with Crippen LogP contribution in [0, 0.1) is 0 Å². The molecule has 0 rings (SSSR count). The van der Waals surface area contributed by atoms with E-state index in [2.05, 4.69) is 0 Å². The Balaban J connectivity index is 3.69. The first-order valence-electron chi connectivity index (χ1n) is 5.38. The van der Waals surface area contributed by atoms with Gasteiger partial charge in [0, 0.05) is 0 Å². The number of hydrogen-bond donors (Lipinski definition) is 1. The molecule has 1 atom stereocenters. The lowest BCUT2D eigenvalue weighted by Gasteiger charge is -2.23. The van der Waals surface area contributed by atoms with E-state index in [4.69, 9.17) is 9.47 Å². The quantitative estimate of drug-likeness (QED) is 0.523. The summed E-state index contributed by atoms with van der Waals surface area (Å²) in [6.45, 7) is 10.8. The molecule has 0 saturated heterocycles. The van der Waals surface area contributed by atoms with Gasteiger partial charge >= 0.3 is 0 Å². The Hall–Kier alpha value is -0.380. The fourth-order valence-corrected chi connectivity index (χ4v) is 0.892. The Kier molecular flexibility index (Phi) is 6.81. The molecule has 0 bridgehead atoms. The smallest absolute Gasteiger partial charge is 0.108 e. The van der Waals surface area contributed by atoms with Crippen molar-refractivity contribution in [1.29, 1.82) is 0 Å². The first kappa shape index (κ1) is 14.6. The maximum Gasteiger partial charge on any atom is 0.108 e. The van der Waals surface area contributed by atoms with Gasteiger partial charge in [0.25, 0.3) is 0 Å². The molecule has 0 aromatic carbocycles. The minimum atomic E-state index is -0.903. The second-order valence-corrected chi connectivity index (χ2v) is 4.65. The number of ether oxygens (including phenoxy) is 2. The Bertz CT molecular complexity index is 191. The molecular weight excluding hydrogens is 192 g/mol. The van der Waals surface area contributed by atoms with Crippen molar-refractivity contribution in [2.45, 2.75) is 46.3 Å². The average Bonchev–Trinajstić information content (AvgIpc) is 2.09. The van der Waals surface area contributed by atoms with Gasteiger partial charge in [-0.15, -0.1) is 0 Å². The number of rotatable bonds is 7. The molecule has 15 heavy (non-hydrogen) atoms. The fraction of sp³-hybridized carbons (Fsp3) is 0.833. The predicted molar refractivity (Wildman–Crippen MR) is 62.0 cm³/mol. The molecule has 90 valence electrons. The lowest BCUT2D eigenvalue weighted by molar-refractivity contribution is -0.0925. The largest absolute Gasteiger partial charge is 0.385 e. The topological polar surface area (TPSA) is 38.7 Å². The van der Waals surface area contributed by atoms with Gasteiger partial charge in [0.1, 0.15) is 5.60 Å². The zero-order chi connectivity index (χ0) is 11.9. The maximum atomic E-state index is 9.86. The molecule has 0 aromatic rings. The van der Waals surface area contributed by atoms with Crippen LogP contribution in [0.1, 0.15) is 34.6 Å². The zero-order valence-electron chi connectivity index (χ0n) is 10.5. The standard InChI is InChI=1S/C12H24O3/c1-10(2)6-7-14-8-12(5,13)9-15-11(3)4/h6,11,13H,7-9H2,1-5H3. The minimum absolute atomic E-state index is 0.134. The van der Waals surface area contributed by atoms with Crippen LogP contribution in [-0.2, 0) is 9.47 Å². The second-order valence-electron chi connectivity index (χ2n) is 4.65. The fourth-order valence-electron chi connectivity index (χ4n) is 0.892. The molecule has 3 heteroatoms. The van der Waals surface area contributed by atoms with Gasteiger partial charge in [0.2, 0.25) is 0 Å². The summed E-state index contributed by atoms with van der Waals surface area (Å²) >= 11 is 0. The minimum Gasteiger partial charge on any atom is -0.385 e. The van der Waals surface area contributed by atoms with Crippen molar-refractivity contribution >= 4 is 0 Å². The first-order valence-corrected chi connectivity index (χ1v) is 5.38. The van der Waals surface area contributed by atoms with Gasteiger partial charge in [-0.05, 0) is 34.6 Å². The monoisotopic (exact) mass is 216 g/mol. The van der Waals surface area contributed by atoms with Crippen molar-refractivity contribution in [3.8, 4) is 0 Å². The van der Waals surface area contributed by atoms with Crippen LogP contribution in [0.25, 0.3) is 0 Å². The summed E-state index contributed by atoms with van der Waals surface area (Å²) in [6, 6.07) is 0. The Morgan fingerprint density at radius 2 is 1.93 bits per heavy atom. The highest BCUT2D eigenvalue weighted by Crippen LogP contribution is 2.06. The van der Waals surface area contributed by atoms with Crippen molar-refractivity contribution in [2.24, 2.45) is 0 Å². The summed E-state index contributed by atoms with van der Waals surface area (Å²) in [7, 11) is 0. The van der Waals surface area contributed by atoms with Crippen LogP contribution in [0.15, 0.2) is 11.6 Å². The highest BCUT2D eigenvalue weighted by molar-refractivity contribution is 4.92. The molecule has 0 aliphatic rings. The van der Waals surface area contributed by atoms with Crippen LogP contribution in [-0.4, -0.2) is 36.6 Å². The Labute approximate surface area is 93.1 Å². The van der Waals surface area contributed by atoms with Crippen molar-refractivity contribution in [1.82, 2.24) is 0 Å². The van der Waals surface area contributed by atoms with Gasteiger partial charge < -0.3 is 14.6 Å². The van der Waals surface area contributed by atoms with Crippen LogP contribution in [0.4, 0.5) is 0 Å². The van der Waals surface area contributed by atoms with Crippen LogP contribution in [0.2, 0.25) is 0 Å². The predicted octanol–water partition coefficient (Wildman–Crippen LogP) is 2.15. The summed E-state index contributed by atoms with van der Waals surface area (Å²) < 4.78 is 10.7. The average molecular weight is 216 g/mol. The number of allylic oxidation sites excluding steroid dienone is 1. The van der Waals surface area contributed by atoms with Crippen LogP contribution in [0.3, 0.4) is 0 Å². The molecule has 0 radical (unpaired) electrons. The van der Waals surface area contributed by atoms with Crippen molar-refractivity contribution < 1.29 is 14.6 Å². The van der Waals surface area contributed by atoms with Crippen molar-refractivity contribution in [2.75, 3.05) is 19.8 Å². The molecule has 0 spiro atoms. The van der Waals surface area contributed by atoms with E-state index in [9.17, 15) is 5.11 Å². The first-order chi connectivity index (χ1) is 6.83. The van der Waals surface area contributed by atoms with Gasteiger partial charge in [-0.25, -0.2) is 0 Å². The van der Waals surface area contributed by atoms with Gasteiger partial charge in [-0.2, -0.15) is 0 Å². The molecule has 0 heterocycles. The van der Waals surface area contributed by atoms with Crippen LogP contribution >= 0.6 is 0 Å². The Morgan fingerprint density at radius 3 is 2.40 bits per heavy atom. The third kappa shape index (κ3) is 9.91. The van der Waals surface area contributed by atoms with Crippen LogP contribution < -0.4 is 0 Å². The Morgan fingerprint density at radius 1 is 1.33 bits per heavy atom. The number of hydrogen-bond acceptors (Lipinski definition) is 3. The highest BCUT2D eigenvalue weighted by Gasteiger charge is 2.21. The lowest BCUT2D eigenvalue weighted by atomic mass is 10.1. The van der Waals surface area contributed by atoms with E-state index < -0.39 is 5.60 Å². The molecule has 0 aliphatic heterocycles. The van der Waals surface area contributed by atoms with E-state index in [0.29, 0.717) is 19.8 Å². The van der Waals surface area contributed by atoms with E-state index >= 15 is 0 Å². The van der Waals surface area contributed by atoms with Crippen molar-refractivity contribution in [3.63, 3.8) is 0 Å². The highest BCUT2D eigenvalue weighted by atomic mass is 16.5. The third-order valence-electron chi connectivity index (χ3n) is 1.75. The van der Waals surface area contributed by atoms with Gasteiger partial charge in [-0.1, -0.05) is 11.6 Å². The summed E-state index contributed by atoms with van der Waals surface area (Å²) in [4.78, 5) is 0. The molecule has 0 aliphatic carbocycles. The third-order valence-corrected chi connectivity index (χ3v) is 1.75. The summed E-state index contributed by atoms with van der Waals surface area (Å²) in [5.41, 5.74) is 0.313. The SMILES string of the molecule is CC(C)=CCOCC(C)(O)COC(C)C. The van der Waals surface area contributed by atoms with Gasteiger partial charge in [0.05, 0.1) is 25.9 Å². The summed E-state index contributed by atoms with van der Waals surface area (Å²) in [6.07, 6.45) is 2.12. The summed E-state index contributed by atoms with van der Waals surface area (Å²) in [5, 5.41) is 9.86. The maximum absolute atomic E-state index is 9.86. The van der Waals surface area contributed by atoms with E-state index in [0.717, 1.165) is 0 Å². The summed E-state index contributed by atoms with van der Waals surface area (Å²) in [5.74, 6) is 0. The van der Waals surface area contributed by atoms with Crippen molar-refractivity contribution in [3.05, 3.63) is 11.6 Å². The molecule has 3 nitrogen and oxygen atoms in total. The normalized spacial score (nSPS) is 15.1. The number of aliphatic hydroxyl groups is 1. The molecule has 0 fully saturated rings. The zero-order valence-corrected chi connectivity index (χ0v) is 10.5. The lowest BCUT2D eigenvalue weighted by Crippen LogP contribution is -2.37. The second kappa shape index (κ2) is 6.99. The van der Waals surface area contributed by atoms with Gasteiger partial charge in [0.15, 0.2) is 0 Å². The molecule has 1 unspecified atom stereocenters. The van der Waals surface area contributed by atoms with Crippen LogP contribution in [0.5, 0.6) is 0 Å². The van der Waals surface area contributed by atoms with E-state index in [1.54, 1.807) is 6.92 Å². The van der Waals surface area contributed by atoms with E-state index in [1.807, 2.05) is 33.8 Å². The van der Waals surface area contributed by atoms with E-state index in [1.165, 1.54) is 5.57 Å². The molecule has 0 amide bonds. The van der Waals surface area contributed by atoms with E-state index in [-0.39, 0.29) is 6.10 Å². The van der Waals surface area contributed by atoms with Gasteiger partial charge in [-0.3, -0.25) is 0 Å². The molecule has 1 N–H and O–H groups in total. The molecule has 0 saturated carbocycles. The molecular formula is C12H24O3.